The van der Waals surface area contributed by atoms with Crippen molar-refractivity contribution >= 4 is 22.6 Å². The smallest absolute Gasteiger partial charge is 0.161 e. The van der Waals surface area contributed by atoms with Crippen molar-refractivity contribution < 1.29 is 9.47 Å². The van der Waals surface area contributed by atoms with Gasteiger partial charge in [0.25, 0.3) is 0 Å². The summed E-state index contributed by atoms with van der Waals surface area (Å²) in [5.74, 6) is 0.893. The van der Waals surface area contributed by atoms with E-state index in [1.807, 2.05) is 24.6 Å². The Balaban J connectivity index is 1.57. The van der Waals surface area contributed by atoms with E-state index < -0.39 is 0 Å². The van der Waals surface area contributed by atoms with E-state index in [-0.39, 0.29) is 12.0 Å². The maximum Gasteiger partial charge on any atom is 0.161 e. The van der Waals surface area contributed by atoms with Gasteiger partial charge in [0.1, 0.15) is 18.1 Å². The Morgan fingerprint density at radius 3 is 2.88 bits per heavy atom. The summed E-state index contributed by atoms with van der Waals surface area (Å²) in [6, 6.07) is 4.41. The van der Waals surface area contributed by atoms with E-state index in [2.05, 4.69) is 20.9 Å². The third-order valence-electron chi connectivity index (χ3n) is 6.73. The summed E-state index contributed by atoms with van der Waals surface area (Å²) in [7, 11) is 1.65. The zero-order chi connectivity index (χ0) is 22.4. The number of nitriles is 1. The number of aryl methyl sites for hydroxylation is 1. The molecule has 2 aliphatic heterocycles. The van der Waals surface area contributed by atoms with Gasteiger partial charge < -0.3 is 9.47 Å². The van der Waals surface area contributed by atoms with Crippen molar-refractivity contribution in [2.24, 2.45) is 0 Å². The number of halogens is 1. The molecule has 2 aliphatic rings. The SMILES string of the molecule is COc1c(C(C)n2nc(C)c3cncnc32)cc(Cl)c(C#N)c1C1CN(C2CCOC2)C1. The van der Waals surface area contributed by atoms with Gasteiger partial charge in [0.05, 0.1) is 41.4 Å². The minimum atomic E-state index is -0.195. The minimum Gasteiger partial charge on any atom is -0.496 e. The average molecular weight is 453 g/mol. The number of likely N-dealkylation sites (tertiary alicyclic amines) is 1. The van der Waals surface area contributed by atoms with E-state index >= 15 is 0 Å². The summed E-state index contributed by atoms with van der Waals surface area (Å²) in [4.78, 5) is 11.0. The van der Waals surface area contributed by atoms with Gasteiger partial charge in [0, 0.05) is 49.0 Å². The number of ether oxygens (including phenoxy) is 2. The molecule has 2 saturated heterocycles. The molecule has 0 bridgehead atoms. The first-order valence-corrected chi connectivity index (χ1v) is 11.2. The highest BCUT2D eigenvalue weighted by Crippen LogP contribution is 2.44. The summed E-state index contributed by atoms with van der Waals surface area (Å²) in [6.45, 7) is 7.31. The molecule has 8 nitrogen and oxygen atoms in total. The second-order valence-corrected chi connectivity index (χ2v) is 8.92. The van der Waals surface area contributed by atoms with Crippen LogP contribution in [-0.4, -0.2) is 64.1 Å². The van der Waals surface area contributed by atoms with Crippen LogP contribution in [0.3, 0.4) is 0 Å². The van der Waals surface area contributed by atoms with Crippen molar-refractivity contribution in [1.82, 2.24) is 24.6 Å². The quantitative estimate of drug-likeness (QED) is 0.585. The first-order chi connectivity index (χ1) is 15.5. The largest absolute Gasteiger partial charge is 0.496 e. The van der Waals surface area contributed by atoms with E-state index in [0.29, 0.717) is 22.4 Å². The Hall–Kier alpha value is -2.73. The number of aromatic nitrogens is 4. The van der Waals surface area contributed by atoms with Crippen molar-refractivity contribution in [3.8, 4) is 11.8 Å². The first-order valence-electron chi connectivity index (χ1n) is 10.8. The van der Waals surface area contributed by atoms with Crippen LogP contribution in [0.5, 0.6) is 5.75 Å². The molecule has 0 spiro atoms. The molecule has 5 rings (SSSR count). The summed E-state index contributed by atoms with van der Waals surface area (Å²) in [5.41, 5.74) is 3.89. The molecule has 1 aromatic carbocycles. The first kappa shape index (κ1) is 21.1. The second kappa shape index (κ2) is 8.32. The van der Waals surface area contributed by atoms with Gasteiger partial charge in [-0.25, -0.2) is 14.6 Å². The molecule has 2 unspecified atom stereocenters. The molecule has 3 aromatic rings. The van der Waals surface area contributed by atoms with Crippen LogP contribution in [0.2, 0.25) is 5.02 Å². The number of nitrogens with zero attached hydrogens (tertiary/aromatic N) is 6. The Kier molecular flexibility index (Phi) is 5.49. The third kappa shape index (κ3) is 3.32. The molecule has 0 amide bonds. The van der Waals surface area contributed by atoms with Crippen LogP contribution in [-0.2, 0) is 4.74 Å². The number of rotatable bonds is 5. The summed E-state index contributed by atoms with van der Waals surface area (Å²) >= 11 is 6.64. The molecule has 2 atom stereocenters. The van der Waals surface area contributed by atoms with Crippen LogP contribution < -0.4 is 4.74 Å². The van der Waals surface area contributed by atoms with Crippen LogP contribution in [0.4, 0.5) is 0 Å². The minimum absolute atomic E-state index is 0.184. The lowest BCUT2D eigenvalue weighted by Gasteiger charge is -2.44. The maximum absolute atomic E-state index is 9.90. The number of methoxy groups -OCH3 is 1. The predicted octanol–water partition coefficient (Wildman–Crippen LogP) is 3.47. The van der Waals surface area contributed by atoms with E-state index in [4.69, 9.17) is 26.2 Å². The molecule has 32 heavy (non-hydrogen) atoms. The van der Waals surface area contributed by atoms with Gasteiger partial charge in [-0.3, -0.25) is 4.90 Å². The van der Waals surface area contributed by atoms with Gasteiger partial charge in [-0.1, -0.05) is 11.6 Å². The van der Waals surface area contributed by atoms with Gasteiger partial charge >= 0.3 is 0 Å². The molecule has 0 saturated carbocycles. The normalized spacial score (nSPS) is 20.3. The van der Waals surface area contributed by atoms with Crippen LogP contribution in [0.25, 0.3) is 11.0 Å². The fraction of sp³-hybridized carbons (Fsp3) is 0.478. The van der Waals surface area contributed by atoms with E-state index in [1.165, 1.54) is 6.33 Å². The zero-order valence-electron chi connectivity index (χ0n) is 18.4. The summed E-state index contributed by atoms with van der Waals surface area (Å²) in [6.07, 6.45) is 4.36. The summed E-state index contributed by atoms with van der Waals surface area (Å²) < 4.78 is 13.3. The zero-order valence-corrected chi connectivity index (χ0v) is 19.1. The Bertz CT molecular complexity index is 1210. The lowest BCUT2D eigenvalue weighted by Crippen LogP contribution is -2.51. The van der Waals surface area contributed by atoms with Gasteiger partial charge in [-0.2, -0.15) is 10.4 Å². The van der Waals surface area contributed by atoms with Crippen molar-refractivity contribution in [3.63, 3.8) is 0 Å². The molecule has 0 radical (unpaired) electrons. The standard InChI is InChI=1S/C23H25ClN6O2/c1-13-19-8-26-12-27-23(19)30(28-13)14(2)17-6-20(24)18(7-25)21(22(17)31-3)15-9-29(10-15)16-4-5-32-11-16/h6,8,12,14-16H,4-5,9-11H2,1-3H3. The average Bonchev–Trinajstić information content (AvgIpc) is 3.41. The monoisotopic (exact) mass is 452 g/mol. The molecule has 2 aromatic heterocycles. The van der Waals surface area contributed by atoms with Crippen molar-refractivity contribution in [3.05, 3.63) is 46.0 Å². The fourth-order valence-corrected chi connectivity index (χ4v) is 5.20. The predicted molar refractivity (Wildman–Crippen MR) is 120 cm³/mol. The third-order valence-corrected chi connectivity index (χ3v) is 7.02. The molecular weight excluding hydrogens is 428 g/mol. The molecule has 9 heteroatoms. The van der Waals surface area contributed by atoms with E-state index in [1.54, 1.807) is 13.3 Å². The fourth-order valence-electron chi connectivity index (χ4n) is 4.94. The molecule has 0 N–H and O–H groups in total. The lowest BCUT2D eigenvalue weighted by molar-refractivity contribution is 0.0765. The Labute approximate surface area is 191 Å². The number of fused-ring (bicyclic) bond motifs is 1. The summed E-state index contributed by atoms with van der Waals surface area (Å²) in [5, 5.41) is 16.0. The highest BCUT2D eigenvalue weighted by Gasteiger charge is 2.39. The van der Waals surface area contributed by atoms with Crippen LogP contribution in [0.1, 0.15) is 47.7 Å². The molecule has 2 fully saturated rings. The van der Waals surface area contributed by atoms with Crippen LogP contribution in [0.15, 0.2) is 18.6 Å². The van der Waals surface area contributed by atoms with Crippen molar-refractivity contribution in [2.45, 2.75) is 38.3 Å². The highest BCUT2D eigenvalue weighted by atomic mass is 35.5. The van der Waals surface area contributed by atoms with Crippen LogP contribution in [0, 0.1) is 18.3 Å². The molecular formula is C23H25ClN6O2. The molecule has 166 valence electrons. The number of hydrogen-bond donors (Lipinski definition) is 0. The second-order valence-electron chi connectivity index (χ2n) is 8.52. The van der Waals surface area contributed by atoms with Gasteiger partial charge in [-0.05, 0) is 26.3 Å². The van der Waals surface area contributed by atoms with Gasteiger partial charge in [-0.15, -0.1) is 0 Å². The highest BCUT2D eigenvalue weighted by molar-refractivity contribution is 6.32. The van der Waals surface area contributed by atoms with Gasteiger partial charge in [0.15, 0.2) is 5.65 Å². The maximum atomic E-state index is 9.90. The topological polar surface area (TPSA) is 89.1 Å². The molecule has 0 aliphatic carbocycles. The van der Waals surface area contributed by atoms with Crippen LogP contribution >= 0.6 is 11.6 Å². The van der Waals surface area contributed by atoms with Gasteiger partial charge in [0.2, 0.25) is 0 Å². The lowest BCUT2D eigenvalue weighted by atomic mass is 9.84. The molecule has 4 heterocycles. The Morgan fingerprint density at radius 1 is 1.38 bits per heavy atom. The number of hydrogen-bond acceptors (Lipinski definition) is 7. The van der Waals surface area contributed by atoms with E-state index in [9.17, 15) is 5.26 Å². The Morgan fingerprint density at radius 2 is 2.19 bits per heavy atom. The van der Waals surface area contributed by atoms with Crippen molar-refractivity contribution in [2.75, 3.05) is 33.4 Å². The van der Waals surface area contributed by atoms with Crippen molar-refractivity contribution in [1.29, 1.82) is 5.26 Å². The van der Waals surface area contributed by atoms with E-state index in [0.717, 1.165) is 60.6 Å². The number of benzene rings is 1.